The average Bonchev–Trinajstić information content (AvgIpc) is 2.97. The zero-order valence-corrected chi connectivity index (χ0v) is 11.9. The highest BCUT2D eigenvalue weighted by molar-refractivity contribution is 5.90. The summed E-state index contributed by atoms with van der Waals surface area (Å²) in [5.41, 5.74) is 7.07. The van der Waals surface area contributed by atoms with Crippen molar-refractivity contribution >= 4 is 11.6 Å². The Morgan fingerprint density at radius 1 is 1.38 bits per heavy atom. The molecule has 112 valence electrons. The quantitative estimate of drug-likeness (QED) is 0.666. The van der Waals surface area contributed by atoms with Crippen LogP contribution in [0.1, 0.15) is 19.2 Å². The van der Waals surface area contributed by atoms with Gasteiger partial charge in [-0.05, 0) is 31.2 Å². The molecule has 1 heterocycles. The monoisotopic (exact) mass is 289 g/mol. The zero-order chi connectivity index (χ0) is 15.1. The number of H-pyrrole nitrogens is 1. The summed E-state index contributed by atoms with van der Waals surface area (Å²) in [5, 5.41) is 9.65. The highest BCUT2D eigenvalue weighted by Crippen LogP contribution is 2.17. The van der Waals surface area contributed by atoms with Crippen LogP contribution in [0, 0.1) is 0 Å². The van der Waals surface area contributed by atoms with Crippen molar-refractivity contribution in [2.45, 2.75) is 19.9 Å². The summed E-state index contributed by atoms with van der Waals surface area (Å²) in [5.74, 6) is 1.16. The summed E-state index contributed by atoms with van der Waals surface area (Å²) < 4.78 is 5.14. The fourth-order valence-electron chi connectivity index (χ4n) is 1.75. The van der Waals surface area contributed by atoms with E-state index in [0.717, 1.165) is 11.3 Å². The number of rotatable bonds is 7. The maximum absolute atomic E-state index is 11.6. The number of carbonyl (C=O) groups excluding carboxylic acids is 1. The standard InChI is InChI=1S/C14H19N5O2/c1-2-21-8-7-13(20)16-11-5-3-10(4-6-11)14-17-12(9-15)18-19-14/h3-6H,2,7-9,15H2,1H3,(H,16,20)(H,17,18,19). The number of nitrogens with zero attached hydrogens (tertiary/aromatic N) is 2. The Balaban J connectivity index is 1.94. The number of anilines is 1. The van der Waals surface area contributed by atoms with Crippen molar-refractivity contribution < 1.29 is 9.53 Å². The number of aromatic nitrogens is 3. The highest BCUT2D eigenvalue weighted by atomic mass is 16.5. The van der Waals surface area contributed by atoms with E-state index in [1.165, 1.54) is 0 Å². The molecule has 0 bridgehead atoms. The van der Waals surface area contributed by atoms with Crippen LogP contribution in [-0.4, -0.2) is 34.3 Å². The van der Waals surface area contributed by atoms with E-state index in [0.29, 0.717) is 37.8 Å². The molecule has 2 aromatic rings. The molecule has 7 nitrogen and oxygen atoms in total. The molecule has 0 spiro atoms. The first-order chi connectivity index (χ1) is 10.2. The molecule has 1 amide bonds. The molecule has 1 aromatic carbocycles. The van der Waals surface area contributed by atoms with Crippen molar-refractivity contribution in [3.8, 4) is 11.4 Å². The Bertz CT molecular complexity index is 579. The van der Waals surface area contributed by atoms with Crippen LogP contribution in [0.4, 0.5) is 5.69 Å². The van der Waals surface area contributed by atoms with Crippen LogP contribution in [-0.2, 0) is 16.1 Å². The molecule has 21 heavy (non-hydrogen) atoms. The fraction of sp³-hybridized carbons (Fsp3) is 0.357. The third-order valence-electron chi connectivity index (χ3n) is 2.83. The zero-order valence-electron chi connectivity index (χ0n) is 11.9. The molecule has 0 unspecified atom stereocenters. The van der Waals surface area contributed by atoms with Gasteiger partial charge in [-0.1, -0.05) is 0 Å². The Morgan fingerprint density at radius 3 is 2.76 bits per heavy atom. The minimum atomic E-state index is -0.0699. The summed E-state index contributed by atoms with van der Waals surface area (Å²) in [6.45, 7) is 3.26. The Labute approximate surface area is 122 Å². The first kappa shape index (κ1) is 15.1. The van der Waals surface area contributed by atoms with E-state index in [1.807, 2.05) is 31.2 Å². The summed E-state index contributed by atoms with van der Waals surface area (Å²) in [6.07, 6.45) is 0.344. The van der Waals surface area contributed by atoms with Crippen LogP contribution in [0.25, 0.3) is 11.4 Å². The summed E-state index contributed by atoms with van der Waals surface area (Å²) in [7, 11) is 0. The number of carbonyl (C=O) groups is 1. The molecule has 7 heteroatoms. The van der Waals surface area contributed by atoms with Gasteiger partial charge in [-0.3, -0.25) is 9.89 Å². The van der Waals surface area contributed by atoms with E-state index < -0.39 is 0 Å². The maximum atomic E-state index is 11.6. The molecule has 1 aromatic heterocycles. The molecular weight excluding hydrogens is 270 g/mol. The van der Waals surface area contributed by atoms with E-state index in [4.69, 9.17) is 10.5 Å². The van der Waals surface area contributed by atoms with Crippen LogP contribution in [0.5, 0.6) is 0 Å². The van der Waals surface area contributed by atoms with Crippen molar-refractivity contribution in [2.24, 2.45) is 5.73 Å². The van der Waals surface area contributed by atoms with Gasteiger partial charge in [0.2, 0.25) is 5.91 Å². The molecule has 0 atom stereocenters. The van der Waals surface area contributed by atoms with E-state index in [9.17, 15) is 4.79 Å². The molecule has 2 rings (SSSR count). The van der Waals surface area contributed by atoms with Gasteiger partial charge in [0.1, 0.15) is 5.82 Å². The lowest BCUT2D eigenvalue weighted by Gasteiger charge is -2.05. The fourth-order valence-corrected chi connectivity index (χ4v) is 1.75. The van der Waals surface area contributed by atoms with Crippen LogP contribution >= 0.6 is 0 Å². The molecule has 0 aliphatic heterocycles. The van der Waals surface area contributed by atoms with Crippen LogP contribution in [0.2, 0.25) is 0 Å². The van der Waals surface area contributed by atoms with E-state index in [2.05, 4.69) is 20.5 Å². The van der Waals surface area contributed by atoms with Gasteiger partial charge >= 0.3 is 0 Å². The number of nitrogens with one attached hydrogen (secondary N) is 2. The van der Waals surface area contributed by atoms with Crippen LogP contribution in [0.3, 0.4) is 0 Å². The molecule has 0 radical (unpaired) electrons. The first-order valence-electron chi connectivity index (χ1n) is 6.82. The number of hydrogen-bond acceptors (Lipinski definition) is 5. The lowest BCUT2D eigenvalue weighted by Crippen LogP contribution is -2.14. The van der Waals surface area contributed by atoms with Gasteiger partial charge in [-0.15, -0.1) is 0 Å². The van der Waals surface area contributed by atoms with E-state index in [1.54, 1.807) is 0 Å². The predicted molar refractivity (Wildman–Crippen MR) is 79.4 cm³/mol. The van der Waals surface area contributed by atoms with Crippen molar-refractivity contribution in [1.82, 2.24) is 15.2 Å². The molecule has 0 saturated carbocycles. The topological polar surface area (TPSA) is 106 Å². The van der Waals surface area contributed by atoms with Crippen molar-refractivity contribution in [3.63, 3.8) is 0 Å². The number of hydrogen-bond donors (Lipinski definition) is 3. The van der Waals surface area contributed by atoms with Gasteiger partial charge < -0.3 is 15.8 Å². The Morgan fingerprint density at radius 2 is 2.14 bits per heavy atom. The molecular formula is C14H19N5O2. The van der Waals surface area contributed by atoms with E-state index >= 15 is 0 Å². The number of ether oxygens (including phenoxy) is 1. The number of aromatic amines is 1. The third kappa shape index (κ3) is 4.37. The molecule has 4 N–H and O–H groups in total. The smallest absolute Gasteiger partial charge is 0.226 e. The van der Waals surface area contributed by atoms with Crippen molar-refractivity contribution in [3.05, 3.63) is 30.1 Å². The third-order valence-corrected chi connectivity index (χ3v) is 2.83. The average molecular weight is 289 g/mol. The largest absolute Gasteiger partial charge is 0.381 e. The van der Waals surface area contributed by atoms with Gasteiger partial charge in [0.05, 0.1) is 19.6 Å². The van der Waals surface area contributed by atoms with Crippen LogP contribution in [0.15, 0.2) is 24.3 Å². The first-order valence-corrected chi connectivity index (χ1v) is 6.82. The van der Waals surface area contributed by atoms with Gasteiger partial charge in [0.25, 0.3) is 0 Å². The highest BCUT2D eigenvalue weighted by Gasteiger charge is 2.06. The van der Waals surface area contributed by atoms with Gasteiger partial charge in [0, 0.05) is 17.9 Å². The van der Waals surface area contributed by atoms with Gasteiger partial charge in [-0.2, -0.15) is 5.10 Å². The molecule has 0 saturated heterocycles. The minimum absolute atomic E-state index is 0.0699. The van der Waals surface area contributed by atoms with Gasteiger partial charge in [-0.25, -0.2) is 4.98 Å². The normalized spacial score (nSPS) is 10.6. The maximum Gasteiger partial charge on any atom is 0.226 e. The molecule has 0 aliphatic rings. The second kappa shape index (κ2) is 7.51. The van der Waals surface area contributed by atoms with Gasteiger partial charge in [0.15, 0.2) is 5.82 Å². The second-order valence-electron chi connectivity index (χ2n) is 4.38. The lowest BCUT2D eigenvalue weighted by molar-refractivity contribution is -0.117. The summed E-state index contributed by atoms with van der Waals surface area (Å²) >= 11 is 0. The number of nitrogens with two attached hydrogens (primary N) is 1. The van der Waals surface area contributed by atoms with Crippen molar-refractivity contribution in [1.29, 1.82) is 0 Å². The molecule has 0 aliphatic carbocycles. The minimum Gasteiger partial charge on any atom is -0.381 e. The second-order valence-corrected chi connectivity index (χ2v) is 4.38. The Hall–Kier alpha value is -2.25. The summed E-state index contributed by atoms with van der Waals surface area (Å²) in [4.78, 5) is 15.9. The SMILES string of the molecule is CCOCCC(=O)Nc1ccc(-c2n[nH]c(CN)n2)cc1. The van der Waals surface area contributed by atoms with E-state index in [-0.39, 0.29) is 5.91 Å². The van der Waals surface area contributed by atoms with Crippen molar-refractivity contribution in [2.75, 3.05) is 18.5 Å². The molecule has 0 fully saturated rings. The predicted octanol–water partition coefficient (Wildman–Crippen LogP) is 1.30. The summed E-state index contributed by atoms with van der Waals surface area (Å²) in [6, 6.07) is 7.32. The Kier molecular flexibility index (Phi) is 5.42. The van der Waals surface area contributed by atoms with Crippen LogP contribution < -0.4 is 11.1 Å². The number of benzene rings is 1. The number of amides is 1. The lowest BCUT2D eigenvalue weighted by atomic mass is 10.2.